The molecule has 94 valence electrons. The molecular formula is C14H22N2O. The summed E-state index contributed by atoms with van der Waals surface area (Å²) >= 11 is 0. The molecule has 0 heterocycles. The summed E-state index contributed by atoms with van der Waals surface area (Å²) in [4.78, 5) is 11.7. The van der Waals surface area contributed by atoms with Crippen molar-refractivity contribution in [3.05, 3.63) is 35.9 Å². The van der Waals surface area contributed by atoms with Crippen LogP contribution in [-0.2, 0) is 4.79 Å². The predicted molar refractivity (Wildman–Crippen MR) is 70.7 cm³/mol. The van der Waals surface area contributed by atoms with Crippen molar-refractivity contribution in [1.29, 1.82) is 0 Å². The van der Waals surface area contributed by atoms with Gasteiger partial charge in [0.25, 0.3) is 0 Å². The molecular weight excluding hydrogens is 212 g/mol. The lowest BCUT2D eigenvalue weighted by atomic mass is 10.1. The average molecular weight is 234 g/mol. The van der Waals surface area contributed by atoms with Gasteiger partial charge >= 0.3 is 0 Å². The highest BCUT2D eigenvalue weighted by atomic mass is 16.2. The van der Waals surface area contributed by atoms with Gasteiger partial charge in [-0.05, 0) is 33.3 Å². The van der Waals surface area contributed by atoms with Crippen molar-refractivity contribution in [2.45, 2.75) is 45.8 Å². The van der Waals surface area contributed by atoms with Crippen LogP contribution in [0.25, 0.3) is 0 Å². The summed E-state index contributed by atoms with van der Waals surface area (Å²) in [6.45, 7) is 7.88. The van der Waals surface area contributed by atoms with E-state index in [9.17, 15) is 4.79 Å². The predicted octanol–water partition coefficient (Wildman–Crippen LogP) is 2.25. The van der Waals surface area contributed by atoms with Gasteiger partial charge in [-0.1, -0.05) is 30.3 Å². The minimum absolute atomic E-state index is 0.0442. The highest BCUT2D eigenvalue weighted by molar-refractivity contribution is 5.81. The number of carbonyl (C=O) groups is 1. The number of rotatable bonds is 5. The Hall–Kier alpha value is -1.35. The first-order valence-electron chi connectivity index (χ1n) is 6.12. The number of benzene rings is 1. The van der Waals surface area contributed by atoms with E-state index in [4.69, 9.17) is 0 Å². The fourth-order valence-corrected chi connectivity index (χ4v) is 1.70. The number of nitrogens with one attached hydrogen (secondary N) is 2. The second-order valence-electron chi connectivity index (χ2n) is 4.68. The second-order valence-corrected chi connectivity index (χ2v) is 4.68. The first-order chi connectivity index (χ1) is 8.00. The maximum atomic E-state index is 11.7. The molecule has 0 spiro atoms. The van der Waals surface area contributed by atoms with Gasteiger partial charge in [-0.2, -0.15) is 0 Å². The van der Waals surface area contributed by atoms with Crippen LogP contribution in [-0.4, -0.2) is 18.0 Å². The van der Waals surface area contributed by atoms with Gasteiger partial charge in [0.05, 0.1) is 6.04 Å². The zero-order valence-electron chi connectivity index (χ0n) is 11.0. The van der Waals surface area contributed by atoms with E-state index in [1.54, 1.807) is 0 Å². The average Bonchev–Trinajstić information content (AvgIpc) is 2.29. The van der Waals surface area contributed by atoms with Gasteiger partial charge in [-0.15, -0.1) is 0 Å². The Morgan fingerprint density at radius 3 is 2.18 bits per heavy atom. The van der Waals surface area contributed by atoms with Crippen LogP contribution in [0.4, 0.5) is 0 Å². The molecule has 1 aromatic rings. The molecule has 3 nitrogen and oxygen atoms in total. The minimum atomic E-state index is -0.187. The molecule has 1 amide bonds. The Kier molecular flexibility index (Phi) is 5.16. The molecule has 0 bridgehead atoms. The van der Waals surface area contributed by atoms with Crippen molar-refractivity contribution >= 4 is 5.91 Å². The van der Waals surface area contributed by atoms with E-state index in [2.05, 4.69) is 29.7 Å². The SMILES string of the molecule is CC(C)NC(=O)C(C)NC(C)c1ccccc1. The van der Waals surface area contributed by atoms with Crippen LogP contribution in [0, 0.1) is 0 Å². The normalized spacial score (nSPS) is 14.4. The Morgan fingerprint density at radius 1 is 1.06 bits per heavy atom. The standard InChI is InChI=1S/C14H22N2O/c1-10(2)15-14(17)12(4)16-11(3)13-8-6-5-7-9-13/h5-12,16H,1-4H3,(H,15,17). The van der Waals surface area contributed by atoms with Gasteiger partial charge in [-0.3, -0.25) is 10.1 Å². The van der Waals surface area contributed by atoms with Crippen LogP contribution in [0.2, 0.25) is 0 Å². The molecule has 3 heteroatoms. The van der Waals surface area contributed by atoms with Gasteiger partial charge in [-0.25, -0.2) is 0 Å². The van der Waals surface area contributed by atoms with Gasteiger partial charge in [0.2, 0.25) is 5.91 Å². The molecule has 0 fully saturated rings. The summed E-state index contributed by atoms with van der Waals surface area (Å²) in [5.74, 6) is 0.0442. The first kappa shape index (κ1) is 13.7. The maximum absolute atomic E-state index is 11.7. The van der Waals surface area contributed by atoms with Gasteiger partial charge in [0, 0.05) is 12.1 Å². The van der Waals surface area contributed by atoms with E-state index >= 15 is 0 Å². The second kappa shape index (κ2) is 6.40. The molecule has 2 atom stereocenters. The highest BCUT2D eigenvalue weighted by Crippen LogP contribution is 2.11. The third kappa shape index (κ3) is 4.57. The molecule has 0 aliphatic rings. The monoisotopic (exact) mass is 234 g/mol. The van der Waals surface area contributed by atoms with Crippen molar-refractivity contribution < 1.29 is 4.79 Å². The zero-order valence-corrected chi connectivity index (χ0v) is 11.0. The van der Waals surface area contributed by atoms with Crippen molar-refractivity contribution in [1.82, 2.24) is 10.6 Å². The van der Waals surface area contributed by atoms with E-state index in [1.807, 2.05) is 39.0 Å². The topological polar surface area (TPSA) is 41.1 Å². The summed E-state index contributed by atoms with van der Waals surface area (Å²) in [6, 6.07) is 10.3. The summed E-state index contributed by atoms with van der Waals surface area (Å²) in [6.07, 6.45) is 0. The van der Waals surface area contributed by atoms with Crippen LogP contribution in [0.15, 0.2) is 30.3 Å². The van der Waals surface area contributed by atoms with E-state index in [-0.39, 0.29) is 24.0 Å². The van der Waals surface area contributed by atoms with Crippen LogP contribution in [0.5, 0.6) is 0 Å². The number of hydrogen-bond acceptors (Lipinski definition) is 2. The Balaban J connectivity index is 2.51. The van der Waals surface area contributed by atoms with Crippen LogP contribution < -0.4 is 10.6 Å². The molecule has 0 saturated carbocycles. The number of hydrogen-bond donors (Lipinski definition) is 2. The molecule has 1 aromatic carbocycles. The van der Waals surface area contributed by atoms with Crippen LogP contribution in [0.1, 0.15) is 39.3 Å². The number of carbonyl (C=O) groups excluding carboxylic acids is 1. The highest BCUT2D eigenvalue weighted by Gasteiger charge is 2.16. The quantitative estimate of drug-likeness (QED) is 0.820. The van der Waals surface area contributed by atoms with Gasteiger partial charge < -0.3 is 5.32 Å². The molecule has 0 aliphatic carbocycles. The van der Waals surface area contributed by atoms with E-state index in [0.717, 1.165) is 0 Å². The molecule has 0 radical (unpaired) electrons. The number of amides is 1. The zero-order chi connectivity index (χ0) is 12.8. The minimum Gasteiger partial charge on any atom is -0.353 e. The summed E-state index contributed by atoms with van der Waals surface area (Å²) in [5.41, 5.74) is 1.19. The van der Waals surface area contributed by atoms with E-state index in [0.29, 0.717) is 0 Å². The van der Waals surface area contributed by atoms with E-state index in [1.165, 1.54) is 5.56 Å². The lowest BCUT2D eigenvalue weighted by Crippen LogP contribution is -2.45. The Labute approximate surface area is 104 Å². The Morgan fingerprint density at radius 2 is 1.65 bits per heavy atom. The molecule has 2 N–H and O–H groups in total. The fourth-order valence-electron chi connectivity index (χ4n) is 1.70. The lowest BCUT2D eigenvalue weighted by Gasteiger charge is -2.21. The summed E-state index contributed by atoms with van der Waals surface area (Å²) < 4.78 is 0. The van der Waals surface area contributed by atoms with Crippen molar-refractivity contribution in [3.8, 4) is 0 Å². The van der Waals surface area contributed by atoms with Crippen molar-refractivity contribution in [3.63, 3.8) is 0 Å². The molecule has 0 aromatic heterocycles. The van der Waals surface area contributed by atoms with Crippen LogP contribution in [0.3, 0.4) is 0 Å². The molecule has 17 heavy (non-hydrogen) atoms. The summed E-state index contributed by atoms with van der Waals surface area (Å²) in [5, 5.41) is 6.19. The van der Waals surface area contributed by atoms with E-state index < -0.39 is 0 Å². The maximum Gasteiger partial charge on any atom is 0.237 e. The molecule has 0 aliphatic heterocycles. The molecule has 0 saturated heterocycles. The van der Waals surface area contributed by atoms with Crippen molar-refractivity contribution in [2.75, 3.05) is 0 Å². The Bertz CT molecular complexity index is 348. The molecule has 1 rings (SSSR count). The summed E-state index contributed by atoms with van der Waals surface area (Å²) in [7, 11) is 0. The van der Waals surface area contributed by atoms with Gasteiger partial charge in [0.15, 0.2) is 0 Å². The smallest absolute Gasteiger partial charge is 0.237 e. The fraction of sp³-hybridized carbons (Fsp3) is 0.500. The van der Waals surface area contributed by atoms with Gasteiger partial charge in [0.1, 0.15) is 0 Å². The lowest BCUT2D eigenvalue weighted by molar-refractivity contribution is -0.123. The first-order valence-corrected chi connectivity index (χ1v) is 6.12. The third-order valence-corrected chi connectivity index (χ3v) is 2.62. The van der Waals surface area contributed by atoms with Crippen LogP contribution >= 0.6 is 0 Å². The third-order valence-electron chi connectivity index (χ3n) is 2.62. The largest absolute Gasteiger partial charge is 0.353 e. The van der Waals surface area contributed by atoms with Crippen molar-refractivity contribution in [2.24, 2.45) is 0 Å². The molecule has 2 unspecified atom stereocenters.